The van der Waals surface area contributed by atoms with Gasteiger partial charge >= 0.3 is 6.03 Å². The molecular weight excluding hydrogens is 274 g/mol. The van der Waals surface area contributed by atoms with E-state index in [4.69, 9.17) is 0 Å². The fourth-order valence-corrected chi connectivity index (χ4v) is 5.45. The number of nitrogens with one attached hydrogen (secondary N) is 1. The summed E-state index contributed by atoms with van der Waals surface area (Å²) in [5.41, 5.74) is 1.57. The maximum atomic E-state index is 12.5. The number of hydrogen-bond donors (Lipinski definition) is 1. The van der Waals surface area contributed by atoms with Crippen LogP contribution in [0.1, 0.15) is 45.4 Å². The van der Waals surface area contributed by atoms with Gasteiger partial charge in [-0.1, -0.05) is 18.1 Å². The van der Waals surface area contributed by atoms with Crippen molar-refractivity contribution in [2.75, 3.05) is 26.2 Å². The molecule has 0 spiro atoms. The molecule has 2 amide bonds. The van der Waals surface area contributed by atoms with Crippen LogP contribution in [0.4, 0.5) is 4.79 Å². The van der Waals surface area contributed by atoms with E-state index in [0.29, 0.717) is 12.0 Å². The summed E-state index contributed by atoms with van der Waals surface area (Å²) in [4.78, 5) is 17.3. The summed E-state index contributed by atoms with van der Waals surface area (Å²) in [6.07, 6.45) is 10.4. The third kappa shape index (κ3) is 2.36. The van der Waals surface area contributed by atoms with Crippen LogP contribution < -0.4 is 5.32 Å². The fraction of sp³-hybridized carbons (Fsp3) is 0.833. The number of rotatable bonds is 1. The minimum atomic E-state index is 0.150. The molecule has 1 N–H and O–H groups in total. The van der Waals surface area contributed by atoms with Crippen LogP contribution >= 0.6 is 0 Å². The van der Waals surface area contributed by atoms with Crippen molar-refractivity contribution in [3.8, 4) is 0 Å². The normalized spacial score (nSPS) is 37.9. The van der Waals surface area contributed by atoms with Crippen LogP contribution in [0.25, 0.3) is 0 Å². The molecule has 4 heteroatoms. The highest BCUT2D eigenvalue weighted by Crippen LogP contribution is 2.44. The molecular formula is C18H29N3O. The van der Waals surface area contributed by atoms with Gasteiger partial charge in [0.2, 0.25) is 0 Å². The Balaban J connectivity index is 1.61. The molecule has 0 aromatic carbocycles. The summed E-state index contributed by atoms with van der Waals surface area (Å²) >= 11 is 0. The minimum absolute atomic E-state index is 0.150. The van der Waals surface area contributed by atoms with Crippen molar-refractivity contribution in [3.05, 3.63) is 11.6 Å². The van der Waals surface area contributed by atoms with Gasteiger partial charge in [0.05, 0.1) is 6.04 Å². The molecule has 3 aliphatic heterocycles. The molecule has 122 valence electrons. The molecule has 0 saturated carbocycles. The second kappa shape index (κ2) is 5.88. The number of hydrogen-bond acceptors (Lipinski definition) is 2. The number of nitrogens with zero attached hydrogens (tertiary/aromatic N) is 2. The molecule has 0 unspecified atom stereocenters. The highest BCUT2D eigenvalue weighted by Gasteiger charge is 2.46. The second-order valence-electron chi connectivity index (χ2n) is 7.54. The summed E-state index contributed by atoms with van der Waals surface area (Å²) in [7, 11) is 0. The van der Waals surface area contributed by atoms with Gasteiger partial charge < -0.3 is 10.2 Å². The quantitative estimate of drug-likeness (QED) is 0.756. The number of carbonyl (C=O) groups excluding carboxylic acids is 1. The van der Waals surface area contributed by atoms with Crippen LogP contribution in [-0.2, 0) is 0 Å². The Hall–Kier alpha value is -1.03. The van der Waals surface area contributed by atoms with Crippen molar-refractivity contribution in [2.45, 2.75) is 57.5 Å². The Kier molecular flexibility index (Phi) is 3.89. The molecule has 0 radical (unpaired) electrons. The average Bonchev–Trinajstić information content (AvgIpc) is 2.54. The van der Waals surface area contributed by atoms with Gasteiger partial charge in [0.1, 0.15) is 0 Å². The van der Waals surface area contributed by atoms with E-state index in [2.05, 4.69) is 21.2 Å². The lowest BCUT2D eigenvalue weighted by Gasteiger charge is -2.54. The maximum absolute atomic E-state index is 12.5. The first-order valence-corrected chi connectivity index (χ1v) is 9.27. The molecule has 4 atom stereocenters. The van der Waals surface area contributed by atoms with Crippen LogP contribution in [0.2, 0.25) is 0 Å². The number of fused-ring (bicyclic) bond motifs is 6. The standard InChI is InChI=1S/C18H29N3O/c1-2-19-18(22)21-9-5-6-13-10-14-11-15(17(13)21)12-20-8-4-3-7-16(14)20/h10,14-17H,2-9,11-12H2,1H3,(H,19,22)/t14-,15-,16+,17+/m0/s1. The van der Waals surface area contributed by atoms with Gasteiger partial charge in [0.25, 0.3) is 0 Å². The number of piperidine rings is 3. The zero-order valence-corrected chi connectivity index (χ0v) is 13.8. The Labute approximate surface area is 133 Å². The van der Waals surface area contributed by atoms with Crippen molar-refractivity contribution in [2.24, 2.45) is 11.8 Å². The Morgan fingerprint density at radius 2 is 2.23 bits per heavy atom. The molecule has 3 fully saturated rings. The summed E-state index contributed by atoms with van der Waals surface area (Å²) in [5, 5.41) is 3.02. The number of amides is 2. The minimum Gasteiger partial charge on any atom is -0.338 e. The summed E-state index contributed by atoms with van der Waals surface area (Å²) in [5.74, 6) is 1.40. The van der Waals surface area contributed by atoms with Crippen LogP contribution in [0, 0.1) is 11.8 Å². The molecule has 0 aromatic heterocycles. The third-order valence-corrected chi connectivity index (χ3v) is 6.25. The highest BCUT2D eigenvalue weighted by molar-refractivity contribution is 5.75. The summed E-state index contributed by atoms with van der Waals surface area (Å²) < 4.78 is 0. The van der Waals surface area contributed by atoms with E-state index >= 15 is 0 Å². The highest BCUT2D eigenvalue weighted by atomic mass is 16.2. The topological polar surface area (TPSA) is 35.6 Å². The van der Waals surface area contributed by atoms with Gasteiger partial charge in [-0.3, -0.25) is 4.90 Å². The molecule has 3 heterocycles. The Morgan fingerprint density at radius 3 is 3.09 bits per heavy atom. The van der Waals surface area contributed by atoms with Crippen LogP contribution in [0.3, 0.4) is 0 Å². The number of urea groups is 1. The lowest BCUT2D eigenvalue weighted by atomic mass is 9.68. The second-order valence-corrected chi connectivity index (χ2v) is 7.54. The Bertz CT molecular complexity index is 475. The first-order valence-electron chi connectivity index (χ1n) is 9.27. The third-order valence-electron chi connectivity index (χ3n) is 6.25. The zero-order chi connectivity index (χ0) is 15.1. The van der Waals surface area contributed by atoms with Crippen LogP contribution in [0.5, 0.6) is 0 Å². The SMILES string of the molecule is CCNC(=O)N1CCCC2=C[C@H]3C[C@@H](CN4CCCC[C@H]34)[C@@H]21. The average molecular weight is 303 g/mol. The van der Waals surface area contributed by atoms with E-state index < -0.39 is 0 Å². The molecule has 1 aliphatic carbocycles. The van der Waals surface area contributed by atoms with E-state index in [0.717, 1.165) is 31.5 Å². The molecule has 3 saturated heterocycles. The van der Waals surface area contributed by atoms with E-state index in [1.807, 2.05) is 6.92 Å². The predicted molar refractivity (Wildman–Crippen MR) is 87.7 cm³/mol. The van der Waals surface area contributed by atoms with Gasteiger partial charge in [0.15, 0.2) is 0 Å². The number of likely N-dealkylation sites (tertiary alicyclic amines) is 1. The first kappa shape index (κ1) is 14.6. The van der Waals surface area contributed by atoms with Crippen molar-refractivity contribution in [1.29, 1.82) is 0 Å². The predicted octanol–water partition coefficient (Wildman–Crippen LogP) is 2.61. The van der Waals surface area contributed by atoms with Gasteiger partial charge in [-0.05, 0) is 57.4 Å². The van der Waals surface area contributed by atoms with E-state index in [9.17, 15) is 4.79 Å². The first-order chi connectivity index (χ1) is 10.8. The van der Waals surface area contributed by atoms with Gasteiger partial charge in [-0.2, -0.15) is 0 Å². The number of carbonyl (C=O) groups is 1. The molecule has 4 rings (SSSR count). The summed E-state index contributed by atoms with van der Waals surface area (Å²) in [6, 6.07) is 1.31. The van der Waals surface area contributed by atoms with Crippen molar-refractivity contribution < 1.29 is 4.79 Å². The van der Waals surface area contributed by atoms with E-state index in [1.165, 1.54) is 45.2 Å². The molecule has 22 heavy (non-hydrogen) atoms. The summed E-state index contributed by atoms with van der Waals surface area (Å²) in [6.45, 7) is 6.14. The van der Waals surface area contributed by atoms with E-state index in [1.54, 1.807) is 5.57 Å². The van der Waals surface area contributed by atoms with E-state index in [-0.39, 0.29) is 6.03 Å². The molecule has 0 aromatic rings. The van der Waals surface area contributed by atoms with Gasteiger partial charge in [-0.15, -0.1) is 0 Å². The Morgan fingerprint density at radius 1 is 1.32 bits per heavy atom. The van der Waals surface area contributed by atoms with Crippen LogP contribution in [-0.4, -0.2) is 54.1 Å². The van der Waals surface area contributed by atoms with Crippen molar-refractivity contribution >= 4 is 6.03 Å². The van der Waals surface area contributed by atoms with Crippen molar-refractivity contribution in [3.63, 3.8) is 0 Å². The van der Waals surface area contributed by atoms with Crippen LogP contribution in [0.15, 0.2) is 11.6 Å². The monoisotopic (exact) mass is 303 g/mol. The largest absolute Gasteiger partial charge is 0.338 e. The van der Waals surface area contributed by atoms with Gasteiger partial charge in [-0.25, -0.2) is 4.79 Å². The molecule has 2 bridgehead atoms. The molecule has 4 aliphatic rings. The smallest absolute Gasteiger partial charge is 0.317 e. The lowest BCUT2D eigenvalue weighted by molar-refractivity contribution is 0.00795. The van der Waals surface area contributed by atoms with Gasteiger partial charge in [0, 0.05) is 25.7 Å². The van der Waals surface area contributed by atoms with Crippen molar-refractivity contribution in [1.82, 2.24) is 15.1 Å². The fourth-order valence-electron chi connectivity index (χ4n) is 5.45. The molecule has 4 nitrogen and oxygen atoms in total. The maximum Gasteiger partial charge on any atom is 0.317 e. The zero-order valence-electron chi connectivity index (χ0n) is 13.8. The lowest BCUT2D eigenvalue weighted by Crippen LogP contribution is -2.61.